The second kappa shape index (κ2) is 1.51. The molecular weight excluding hydrogens is 152 g/mol. The third-order valence-corrected chi connectivity index (χ3v) is 3.91. The SMILES string of the molecule is CC1CCC23OC2C2OC2C=C13. The summed E-state index contributed by atoms with van der Waals surface area (Å²) in [7, 11) is 0. The van der Waals surface area contributed by atoms with Crippen molar-refractivity contribution in [2.24, 2.45) is 5.92 Å². The van der Waals surface area contributed by atoms with Gasteiger partial charge in [-0.25, -0.2) is 0 Å². The molecule has 0 amide bonds. The summed E-state index contributed by atoms with van der Waals surface area (Å²) < 4.78 is 11.3. The van der Waals surface area contributed by atoms with Crippen LogP contribution in [0.2, 0.25) is 0 Å². The van der Waals surface area contributed by atoms with Crippen molar-refractivity contribution in [2.75, 3.05) is 0 Å². The highest BCUT2D eigenvalue weighted by atomic mass is 16.7. The van der Waals surface area contributed by atoms with E-state index in [4.69, 9.17) is 9.47 Å². The third kappa shape index (κ3) is 0.485. The Labute approximate surface area is 71.5 Å². The second-order valence-electron chi connectivity index (χ2n) is 4.55. The fourth-order valence-electron chi connectivity index (χ4n) is 3.10. The summed E-state index contributed by atoms with van der Waals surface area (Å²) in [5.74, 6) is 0.736. The van der Waals surface area contributed by atoms with Crippen molar-refractivity contribution in [3.63, 3.8) is 0 Å². The van der Waals surface area contributed by atoms with Crippen LogP contribution in [0.3, 0.4) is 0 Å². The van der Waals surface area contributed by atoms with E-state index < -0.39 is 0 Å². The van der Waals surface area contributed by atoms with E-state index in [2.05, 4.69) is 13.0 Å². The van der Waals surface area contributed by atoms with Crippen LogP contribution in [0.25, 0.3) is 0 Å². The Morgan fingerprint density at radius 1 is 1.58 bits per heavy atom. The van der Waals surface area contributed by atoms with Crippen LogP contribution in [0.15, 0.2) is 11.6 Å². The van der Waals surface area contributed by atoms with Crippen molar-refractivity contribution < 1.29 is 9.47 Å². The summed E-state index contributed by atoms with van der Waals surface area (Å²) in [6, 6.07) is 0. The molecular formula is C10H12O2. The molecule has 2 heteroatoms. The van der Waals surface area contributed by atoms with E-state index in [1.807, 2.05) is 0 Å². The third-order valence-electron chi connectivity index (χ3n) is 3.91. The summed E-state index contributed by atoms with van der Waals surface area (Å²) in [5.41, 5.74) is 1.73. The van der Waals surface area contributed by atoms with Gasteiger partial charge in [0.15, 0.2) is 0 Å². The lowest BCUT2D eigenvalue weighted by Gasteiger charge is -2.11. The lowest BCUT2D eigenvalue weighted by atomic mass is 9.87. The lowest BCUT2D eigenvalue weighted by molar-refractivity contribution is 0.290. The maximum Gasteiger partial charge on any atom is 0.121 e. The van der Waals surface area contributed by atoms with Gasteiger partial charge in [-0.2, -0.15) is 0 Å². The number of epoxide rings is 2. The van der Waals surface area contributed by atoms with Gasteiger partial charge >= 0.3 is 0 Å². The summed E-state index contributed by atoms with van der Waals surface area (Å²) in [4.78, 5) is 0. The molecule has 2 aliphatic heterocycles. The summed E-state index contributed by atoms with van der Waals surface area (Å²) >= 11 is 0. The first-order valence-electron chi connectivity index (χ1n) is 4.87. The van der Waals surface area contributed by atoms with E-state index in [0.717, 1.165) is 5.92 Å². The molecule has 2 nitrogen and oxygen atoms in total. The number of hydrogen-bond acceptors (Lipinski definition) is 2. The molecule has 12 heavy (non-hydrogen) atoms. The van der Waals surface area contributed by atoms with Crippen LogP contribution in [0, 0.1) is 5.92 Å². The van der Waals surface area contributed by atoms with Crippen molar-refractivity contribution in [2.45, 2.75) is 43.7 Å². The van der Waals surface area contributed by atoms with Gasteiger partial charge in [-0.15, -0.1) is 0 Å². The molecule has 2 saturated heterocycles. The van der Waals surface area contributed by atoms with Gasteiger partial charge in [0.2, 0.25) is 0 Å². The molecule has 64 valence electrons. The van der Waals surface area contributed by atoms with Crippen LogP contribution < -0.4 is 0 Å². The molecule has 1 spiro atoms. The maximum absolute atomic E-state index is 5.82. The van der Waals surface area contributed by atoms with Crippen LogP contribution in [-0.4, -0.2) is 23.9 Å². The first kappa shape index (κ1) is 6.17. The van der Waals surface area contributed by atoms with Gasteiger partial charge in [0.1, 0.15) is 23.9 Å². The summed E-state index contributed by atoms with van der Waals surface area (Å²) in [6.07, 6.45) is 6.15. The van der Waals surface area contributed by atoms with Crippen LogP contribution in [0.1, 0.15) is 19.8 Å². The fourth-order valence-corrected chi connectivity index (χ4v) is 3.10. The molecule has 0 aromatic heterocycles. The first-order chi connectivity index (χ1) is 5.81. The van der Waals surface area contributed by atoms with Crippen LogP contribution in [0.4, 0.5) is 0 Å². The van der Waals surface area contributed by atoms with Crippen LogP contribution >= 0.6 is 0 Å². The Balaban J connectivity index is 1.88. The van der Waals surface area contributed by atoms with E-state index in [9.17, 15) is 0 Å². The molecule has 5 atom stereocenters. The Bertz CT molecular complexity index is 296. The first-order valence-corrected chi connectivity index (χ1v) is 4.87. The normalized spacial score (nSPS) is 64.6. The van der Waals surface area contributed by atoms with Gasteiger partial charge in [-0.3, -0.25) is 0 Å². The Hall–Kier alpha value is -0.340. The number of fused-ring (bicyclic) bond motifs is 2. The predicted octanol–water partition coefficient (Wildman–Crippen LogP) is 1.26. The minimum Gasteiger partial charge on any atom is -0.362 e. The molecule has 2 aliphatic carbocycles. The van der Waals surface area contributed by atoms with Crippen molar-refractivity contribution in [3.05, 3.63) is 11.6 Å². The van der Waals surface area contributed by atoms with Gasteiger partial charge in [-0.05, 0) is 24.3 Å². The molecule has 5 unspecified atom stereocenters. The van der Waals surface area contributed by atoms with Gasteiger partial charge in [0, 0.05) is 0 Å². The zero-order valence-electron chi connectivity index (χ0n) is 7.12. The van der Waals surface area contributed by atoms with Crippen molar-refractivity contribution in [3.8, 4) is 0 Å². The molecule has 3 fully saturated rings. The molecule has 0 aromatic carbocycles. The highest BCUT2D eigenvalue weighted by Crippen LogP contribution is 2.63. The quantitative estimate of drug-likeness (QED) is 0.398. The molecule has 0 N–H and O–H groups in total. The predicted molar refractivity (Wildman–Crippen MR) is 42.7 cm³/mol. The zero-order valence-corrected chi connectivity index (χ0v) is 7.12. The Morgan fingerprint density at radius 3 is 3.42 bits per heavy atom. The minimum absolute atomic E-state index is 0.178. The minimum atomic E-state index is 0.178. The highest BCUT2D eigenvalue weighted by molar-refractivity contribution is 5.42. The van der Waals surface area contributed by atoms with E-state index in [1.54, 1.807) is 5.57 Å². The standard InChI is InChI=1S/C10H12O2/c1-5-2-3-10-6(5)4-7-8(11-7)9(10)12-10/h4-5,7-9H,2-3H2,1H3. The van der Waals surface area contributed by atoms with Crippen molar-refractivity contribution >= 4 is 0 Å². The van der Waals surface area contributed by atoms with E-state index in [-0.39, 0.29) is 5.60 Å². The maximum atomic E-state index is 5.82. The Morgan fingerprint density at radius 2 is 2.50 bits per heavy atom. The molecule has 0 bridgehead atoms. The molecule has 4 rings (SSSR count). The number of rotatable bonds is 0. The molecule has 2 heterocycles. The summed E-state index contributed by atoms with van der Waals surface area (Å²) in [6.45, 7) is 2.31. The van der Waals surface area contributed by atoms with E-state index in [1.165, 1.54) is 12.8 Å². The topological polar surface area (TPSA) is 25.1 Å². The second-order valence-corrected chi connectivity index (χ2v) is 4.55. The van der Waals surface area contributed by atoms with Gasteiger partial charge in [-0.1, -0.05) is 13.0 Å². The van der Waals surface area contributed by atoms with Crippen LogP contribution in [0.5, 0.6) is 0 Å². The van der Waals surface area contributed by atoms with Gasteiger partial charge in [0.25, 0.3) is 0 Å². The van der Waals surface area contributed by atoms with Crippen molar-refractivity contribution in [1.82, 2.24) is 0 Å². The summed E-state index contributed by atoms with van der Waals surface area (Å²) in [5, 5.41) is 0. The number of hydrogen-bond donors (Lipinski definition) is 0. The van der Waals surface area contributed by atoms with E-state index >= 15 is 0 Å². The van der Waals surface area contributed by atoms with E-state index in [0.29, 0.717) is 18.3 Å². The lowest BCUT2D eigenvalue weighted by Crippen LogP contribution is -2.22. The van der Waals surface area contributed by atoms with Crippen LogP contribution in [-0.2, 0) is 9.47 Å². The average molecular weight is 164 g/mol. The highest BCUT2D eigenvalue weighted by Gasteiger charge is 2.73. The molecule has 1 saturated carbocycles. The van der Waals surface area contributed by atoms with Crippen molar-refractivity contribution in [1.29, 1.82) is 0 Å². The number of ether oxygens (including phenoxy) is 2. The largest absolute Gasteiger partial charge is 0.362 e. The average Bonchev–Trinajstić information content (AvgIpc) is 2.90. The Kier molecular flexibility index (Phi) is 0.776. The zero-order chi connectivity index (χ0) is 7.92. The smallest absolute Gasteiger partial charge is 0.121 e. The van der Waals surface area contributed by atoms with Gasteiger partial charge < -0.3 is 9.47 Å². The monoisotopic (exact) mass is 164 g/mol. The van der Waals surface area contributed by atoms with Gasteiger partial charge in [0.05, 0.1) is 0 Å². The molecule has 4 aliphatic rings. The molecule has 0 aromatic rings. The fraction of sp³-hybridized carbons (Fsp3) is 0.800. The molecule has 0 radical (unpaired) electrons.